The first kappa shape index (κ1) is 10.8. The molecule has 2 N–H and O–H groups in total. The van der Waals surface area contributed by atoms with Gasteiger partial charge in [0.2, 0.25) is 0 Å². The van der Waals surface area contributed by atoms with Gasteiger partial charge in [-0.3, -0.25) is 4.68 Å². The molecule has 1 unspecified atom stereocenters. The lowest BCUT2D eigenvalue weighted by atomic mass is 10.2. The van der Waals surface area contributed by atoms with E-state index in [0.29, 0.717) is 11.7 Å². The van der Waals surface area contributed by atoms with E-state index < -0.39 is 0 Å². The maximum atomic E-state index is 5.68. The first-order valence-corrected chi connectivity index (χ1v) is 5.24. The average molecular weight is 221 g/mol. The SMILES string of the molecule is CCc1nn(C)cc1-c1nc(C(C)N)no1. The Hall–Kier alpha value is -1.69. The summed E-state index contributed by atoms with van der Waals surface area (Å²) in [5, 5.41) is 8.15. The minimum Gasteiger partial charge on any atom is -0.334 e. The molecule has 0 aliphatic carbocycles. The molecular weight excluding hydrogens is 206 g/mol. The molecule has 1 atom stereocenters. The molecule has 0 fully saturated rings. The number of nitrogens with two attached hydrogens (primary N) is 1. The van der Waals surface area contributed by atoms with Gasteiger partial charge in [-0.05, 0) is 13.3 Å². The maximum absolute atomic E-state index is 5.68. The van der Waals surface area contributed by atoms with Gasteiger partial charge in [0.15, 0.2) is 5.82 Å². The molecule has 0 amide bonds. The van der Waals surface area contributed by atoms with Crippen molar-refractivity contribution in [2.45, 2.75) is 26.3 Å². The van der Waals surface area contributed by atoms with Crippen molar-refractivity contribution in [3.8, 4) is 11.5 Å². The lowest BCUT2D eigenvalue weighted by molar-refractivity contribution is 0.418. The van der Waals surface area contributed by atoms with Crippen LogP contribution in [0.3, 0.4) is 0 Å². The van der Waals surface area contributed by atoms with Crippen molar-refractivity contribution in [3.63, 3.8) is 0 Å². The van der Waals surface area contributed by atoms with E-state index in [9.17, 15) is 0 Å². The van der Waals surface area contributed by atoms with Crippen LogP contribution < -0.4 is 5.73 Å². The van der Waals surface area contributed by atoms with E-state index in [1.165, 1.54) is 0 Å². The van der Waals surface area contributed by atoms with Crippen molar-refractivity contribution in [1.29, 1.82) is 0 Å². The molecule has 2 heterocycles. The number of hydrogen-bond acceptors (Lipinski definition) is 5. The Labute approximate surface area is 93.4 Å². The van der Waals surface area contributed by atoms with E-state index in [4.69, 9.17) is 10.3 Å². The van der Waals surface area contributed by atoms with Crippen molar-refractivity contribution < 1.29 is 4.52 Å². The highest BCUT2D eigenvalue weighted by Crippen LogP contribution is 2.22. The quantitative estimate of drug-likeness (QED) is 0.837. The summed E-state index contributed by atoms with van der Waals surface area (Å²) in [4.78, 5) is 4.25. The van der Waals surface area contributed by atoms with Gasteiger partial charge in [0.25, 0.3) is 5.89 Å². The summed E-state index contributed by atoms with van der Waals surface area (Å²) in [5.74, 6) is 0.998. The van der Waals surface area contributed by atoms with Crippen molar-refractivity contribution in [2.75, 3.05) is 0 Å². The van der Waals surface area contributed by atoms with Gasteiger partial charge in [0.05, 0.1) is 17.3 Å². The van der Waals surface area contributed by atoms with Gasteiger partial charge in [-0.25, -0.2) is 0 Å². The molecule has 0 aromatic carbocycles. The van der Waals surface area contributed by atoms with Crippen LogP contribution in [0.2, 0.25) is 0 Å². The third-order valence-corrected chi connectivity index (χ3v) is 2.32. The molecule has 0 aliphatic heterocycles. The summed E-state index contributed by atoms with van der Waals surface area (Å²) in [6, 6.07) is -0.223. The number of aryl methyl sites for hydroxylation is 2. The summed E-state index contributed by atoms with van der Waals surface area (Å²) < 4.78 is 6.91. The highest BCUT2D eigenvalue weighted by molar-refractivity contribution is 5.55. The molecule has 0 saturated carbocycles. The Morgan fingerprint density at radius 3 is 2.88 bits per heavy atom. The lowest BCUT2D eigenvalue weighted by Gasteiger charge is -1.93. The van der Waals surface area contributed by atoms with Crippen LogP contribution >= 0.6 is 0 Å². The molecule has 86 valence electrons. The first-order chi connectivity index (χ1) is 7.61. The molecule has 6 nitrogen and oxygen atoms in total. The topological polar surface area (TPSA) is 82.8 Å². The highest BCUT2D eigenvalue weighted by atomic mass is 16.5. The molecule has 6 heteroatoms. The average Bonchev–Trinajstić information content (AvgIpc) is 2.82. The number of aromatic nitrogens is 4. The van der Waals surface area contributed by atoms with Crippen LogP contribution in [0.1, 0.15) is 31.4 Å². The zero-order valence-electron chi connectivity index (χ0n) is 9.64. The van der Waals surface area contributed by atoms with Crippen LogP contribution in [-0.4, -0.2) is 19.9 Å². The molecule has 0 spiro atoms. The van der Waals surface area contributed by atoms with Crippen LogP contribution in [-0.2, 0) is 13.5 Å². The highest BCUT2D eigenvalue weighted by Gasteiger charge is 2.16. The Morgan fingerprint density at radius 2 is 2.31 bits per heavy atom. The molecule has 2 aromatic rings. The zero-order valence-corrected chi connectivity index (χ0v) is 9.64. The first-order valence-electron chi connectivity index (χ1n) is 5.24. The molecule has 0 bridgehead atoms. The van der Waals surface area contributed by atoms with Crippen LogP contribution in [0.25, 0.3) is 11.5 Å². The second-order valence-electron chi connectivity index (χ2n) is 3.76. The largest absolute Gasteiger partial charge is 0.334 e. The summed E-state index contributed by atoms with van der Waals surface area (Å²) in [6.07, 6.45) is 2.70. The normalized spacial score (nSPS) is 13.0. The second-order valence-corrected chi connectivity index (χ2v) is 3.76. The van der Waals surface area contributed by atoms with E-state index in [1.807, 2.05) is 27.1 Å². The maximum Gasteiger partial charge on any atom is 0.261 e. The van der Waals surface area contributed by atoms with Gasteiger partial charge in [-0.1, -0.05) is 12.1 Å². The van der Waals surface area contributed by atoms with E-state index in [-0.39, 0.29) is 6.04 Å². The minimum absolute atomic E-state index is 0.223. The standard InChI is InChI=1S/C10H15N5O/c1-4-8-7(5-15(3)13-8)10-12-9(6(2)11)14-16-10/h5-6H,4,11H2,1-3H3. The van der Waals surface area contributed by atoms with Crippen LogP contribution in [0.15, 0.2) is 10.7 Å². The summed E-state index contributed by atoms with van der Waals surface area (Å²) in [6.45, 7) is 3.85. The molecular formula is C10H15N5O. The van der Waals surface area contributed by atoms with Gasteiger partial charge in [0, 0.05) is 13.2 Å². The molecule has 0 saturated heterocycles. The van der Waals surface area contributed by atoms with Crippen LogP contribution in [0.4, 0.5) is 0 Å². The van der Waals surface area contributed by atoms with Gasteiger partial charge >= 0.3 is 0 Å². The number of hydrogen-bond donors (Lipinski definition) is 1. The predicted molar refractivity (Wildman–Crippen MR) is 58.5 cm³/mol. The number of nitrogens with zero attached hydrogens (tertiary/aromatic N) is 4. The molecule has 0 aliphatic rings. The third-order valence-electron chi connectivity index (χ3n) is 2.32. The van der Waals surface area contributed by atoms with Crippen molar-refractivity contribution in [1.82, 2.24) is 19.9 Å². The van der Waals surface area contributed by atoms with E-state index in [2.05, 4.69) is 15.2 Å². The van der Waals surface area contributed by atoms with E-state index in [0.717, 1.165) is 17.7 Å². The monoisotopic (exact) mass is 221 g/mol. The summed E-state index contributed by atoms with van der Waals surface area (Å²) >= 11 is 0. The molecule has 2 rings (SSSR count). The summed E-state index contributed by atoms with van der Waals surface area (Å²) in [5.41, 5.74) is 7.50. The van der Waals surface area contributed by atoms with Gasteiger partial charge in [-0.15, -0.1) is 0 Å². The Bertz CT molecular complexity index is 485. The van der Waals surface area contributed by atoms with Crippen molar-refractivity contribution >= 4 is 0 Å². The Balaban J connectivity index is 2.41. The lowest BCUT2D eigenvalue weighted by Crippen LogP contribution is -2.06. The smallest absolute Gasteiger partial charge is 0.261 e. The van der Waals surface area contributed by atoms with E-state index in [1.54, 1.807) is 4.68 Å². The summed E-state index contributed by atoms with van der Waals surface area (Å²) in [7, 11) is 1.87. The molecule has 2 aromatic heterocycles. The molecule has 16 heavy (non-hydrogen) atoms. The van der Waals surface area contributed by atoms with Crippen LogP contribution in [0, 0.1) is 0 Å². The van der Waals surface area contributed by atoms with Gasteiger partial charge in [0.1, 0.15) is 0 Å². The van der Waals surface area contributed by atoms with E-state index >= 15 is 0 Å². The minimum atomic E-state index is -0.223. The molecule has 0 radical (unpaired) electrons. The van der Waals surface area contributed by atoms with Crippen molar-refractivity contribution in [3.05, 3.63) is 17.7 Å². The van der Waals surface area contributed by atoms with Crippen molar-refractivity contribution in [2.24, 2.45) is 12.8 Å². The van der Waals surface area contributed by atoms with Crippen LogP contribution in [0.5, 0.6) is 0 Å². The fourth-order valence-electron chi connectivity index (χ4n) is 1.50. The third kappa shape index (κ3) is 1.83. The van der Waals surface area contributed by atoms with Gasteiger partial charge in [-0.2, -0.15) is 10.1 Å². The zero-order chi connectivity index (χ0) is 11.7. The Morgan fingerprint density at radius 1 is 1.56 bits per heavy atom. The predicted octanol–water partition coefficient (Wildman–Crippen LogP) is 1.05. The Kier molecular flexibility index (Phi) is 2.74. The fourth-order valence-corrected chi connectivity index (χ4v) is 1.50. The van der Waals surface area contributed by atoms with Gasteiger partial charge < -0.3 is 10.3 Å². The fraction of sp³-hybridized carbons (Fsp3) is 0.500. The number of rotatable bonds is 3. The second kappa shape index (κ2) is 4.05.